The largest absolute Gasteiger partial charge is 0.493 e. The van der Waals surface area contributed by atoms with Gasteiger partial charge in [-0.05, 0) is 24.6 Å². The highest BCUT2D eigenvalue weighted by molar-refractivity contribution is 5.53. The van der Waals surface area contributed by atoms with E-state index in [1.807, 2.05) is 25.1 Å². The fourth-order valence-corrected chi connectivity index (χ4v) is 1.83. The summed E-state index contributed by atoms with van der Waals surface area (Å²) in [4.78, 5) is 0. The van der Waals surface area contributed by atoms with Crippen LogP contribution in [0, 0.1) is 6.92 Å². The van der Waals surface area contributed by atoms with Gasteiger partial charge in [0.1, 0.15) is 18.1 Å². The summed E-state index contributed by atoms with van der Waals surface area (Å²) in [7, 11) is 3.14. The van der Waals surface area contributed by atoms with E-state index in [2.05, 4.69) is 5.16 Å². The third kappa shape index (κ3) is 3.03. The zero-order valence-corrected chi connectivity index (χ0v) is 11.8. The normalized spacial score (nSPS) is 10.4. The van der Waals surface area contributed by atoms with E-state index in [1.165, 1.54) is 0 Å². The van der Waals surface area contributed by atoms with Gasteiger partial charge >= 0.3 is 0 Å². The zero-order chi connectivity index (χ0) is 14.5. The van der Waals surface area contributed by atoms with E-state index in [0.29, 0.717) is 29.5 Å². The van der Waals surface area contributed by atoms with Crippen molar-refractivity contribution in [1.29, 1.82) is 0 Å². The molecule has 0 atom stereocenters. The molecule has 0 spiro atoms. The molecule has 1 heterocycles. The van der Waals surface area contributed by atoms with Crippen LogP contribution in [0.2, 0.25) is 0 Å². The molecule has 6 heteroatoms. The number of rotatable bonds is 6. The second kappa shape index (κ2) is 6.29. The number of nitrogens with zero attached hydrogens (tertiary/aromatic N) is 1. The molecule has 0 bridgehead atoms. The third-order valence-electron chi connectivity index (χ3n) is 2.80. The summed E-state index contributed by atoms with van der Waals surface area (Å²) in [5.41, 5.74) is 7.25. The lowest BCUT2D eigenvalue weighted by atomic mass is 10.2. The number of hydrogen-bond donors (Lipinski definition) is 1. The average Bonchev–Trinajstić information content (AvgIpc) is 2.89. The van der Waals surface area contributed by atoms with Crippen LogP contribution in [0.25, 0.3) is 0 Å². The Balaban J connectivity index is 2.24. The molecule has 2 N–H and O–H groups in total. The highest BCUT2D eigenvalue weighted by atomic mass is 16.5. The molecule has 0 fully saturated rings. The van der Waals surface area contributed by atoms with Crippen molar-refractivity contribution in [3.05, 3.63) is 35.2 Å². The summed E-state index contributed by atoms with van der Waals surface area (Å²) in [5, 5.41) is 3.87. The molecular formula is C14H18N2O4. The molecule has 6 nitrogen and oxygen atoms in total. The summed E-state index contributed by atoms with van der Waals surface area (Å²) in [6, 6.07) is 5.46. The molecule has 108 valence electrons. The van der Waals surface area contributed by atoms with E-state index in [-0.39, 0.29) is 6.61 Å². The van der Waals surface area contributed by atoms with Gasteiger partial charge in [0.2, 0.25) is 5.75 Å². The molecule has 0 amide bonds. The van der Waals surface area contributed by atoms with Gasteiger partial charge in [0.15, 0.2) is 11.5 Å². The first-order chi connectivity index (χ1) is 9.67. The molecular weight excluding hydrogens is 260 g/mol. The summed E-state index contributed by atoms with van der Waals surface area (Å²) in [5.74, 6) is 2.41. The Bertz CT molecular complexity index is 555. The van der Waals surface area contributed by atoms with Gasteiger partial charge in [-0.3, -0.25) is 0 Å². The summed E-state index contributed by atoms with van der Waals surface area (Å²) in [6.07, 6.45) is 0. The SMILES string of the molecule is COc1cc(CN)cc(OC)c1OCc1cc(C)on1. The van der Waals surface area contributed by atoms with Gasteiger partial charge in [-0.2, -0.15) is 0 Å². The van der Waals surface area contributed by atoms with Crippen LogP contribution in [0.5, 0.6) is 17.2 Å². The second-order valence-electron chi connectivity index (χ2n) is 4.25. The number of nitrogens with two attached hydrogens (primary N) is 1. The van der Waals surface area contributed by atoms with Gasteiger partial charge in [0, 0.05) is 12.6 Å². The maximum Gasteiger partial charge on any atom is 0.203 e. The predicted octanol–water partition coefficient (Wildman–Crippen LogP) is 2.04. The molecule has 1 aromatic heterocycles. The van der Waals surface area contributed by atoms with Crippen LogP contribution < -0.4 is 19.9 Å². The molecule has 0 aliphatic carbocycles. The van der Waals surface area contributed by atoms with Crippen molar-refractivity contribution in [3.8, 4) is 17.2 Å². The van der Waals surface area contributed by atoms with Crippen LogP contribution in [-0.4, -0.2) is 19.4 Å². The lowest BCUT2D eigenvalue weighted by Crippen LogP contribution is -2.03. The Labute approximate surface area is 117 Å². The molecule has 1 aromatic carbocycles. The molecule has 2 rings (SSSR count). The molecule has 0 saturated carbocycles. The maximum absolute atomic E-state index is 5.74. The first-order valence-corrected chi connectivity index (χ1v) is 6.18. The predicted molar refractivity (Wildman–Crippen MR) is 73.0 cm³/mol. The lowest BCUT2D eigenvalue weighted by molar-refractivity contribution is 0.255. The third-order valence-corrected chi connectivity index (χ3v) is 2.80. The molecule has 2 aromatic rings. The van der Waals surface area contributed by atoms with Gasteiger partial charge in [0.05, 0.1) is 14.2 Å². The highest BCUT2D eigenvalue weighted by Gasteiger charge is 2.14. The minimum absolute atomic E-state index is 0.270. The van der Waals surface area contributed by atoms with Gasteiger partial charge in [-0.25, -0.2) is 0 Å². The fraction of sp³-hybridized carbons (Fsp3) is 0.357. The van der Waals surface area contributed by atoms with Crippen molar-refractivity contribution in [2.24, 2.45) is 5.73 Å². The molecule has 20 heavy (non-hydrogen) atoms. The number of methoxy groups -OCH3 is 2. The van der Waals surface area contributed by atoms with E-state index >= 15 is 0 Å². The van der Waals surface area contributed by atoms with E-state index < -0.39 is 0 Å². The number of hydrogen-bond acceptors (Lipinski definition) is 6. The number of benzene rings is 1. The van der Waals surface area contributed by atoms with Gasteiger partial charge in [0.25, 0.3) is 0 Å². The van der Waals surface area contributed by atoms with E-state index in [0.717, 1.165) is 11.3 Å². The zero-order valence-electron chi connectivity index (χ0n) is 11.8. The summed E-state index contributed by atoms with van der Waals surface area (Å²) < 4.78 is 21.4. The van der Waals surface area contributed by atoms with Crippen molar-refractivity contribution in [2.75, 3.05) is 14.2 Å². The quantitative estimate of drug-likeness (QED) is 0.871. The van der Waals surface area contributed by atoms with Crippen LogP contribution in [-0.2, 0) is 13.2 Å². The molecule has 0 aliphatic rings. The number of aromatic nitrogens is 1. The van der Waals surface area contributed by atoms with Crippen LogP contribution in [0.1, 0.15) is 17.0 Å². The standard InChI is InChI=1S/C14H18N2O4/c1-9-4-11(16-20-9)8-19-14-12(17-2)5-10(7-15)6-13(14)18-3/h4-6H,7-8,15H2,1-3H3. The summed E-state index contributed by atoms with van der Waals surface area (Å²) in [6.45, 7) is 2.50. The fourth-order valence-electron chi connectivity index (χ4n) is 1.83. The van der Waals surface area contributed by atoms with Crippen molar-refractivity contribution in [2.45, 2.75) is 20.1 Å². The monoisotopic (exact) mass is 278 g/mol. The Morgan fingerprint density at radius 3 is 2.25 bits per heavy atom. The maximum atomic E-state index is 5.74. The number of ether oxygens (including phenoxy) is 3. The van der Waals surface area contributed by atoms with Crippen LogP contribution >= 0.6 is 0 Å². The van der Waals surface area contributed by atoms with Gasteiger partial charge < -0.3 is 24.5 Å². The van der Waals surface area contributed by atoms with Gasteiger partial charge in [-0.1, -0.05) is 5.16 Å². The van der Waals surface area contributed by atoms with Crippen LogP contribution in [0.4, 0.5) is 0 Å². The molecule has 0 aliphatic heterocycles. The van der Waals surface area contributed by atoms with Crippen LogP contribution in [0.15, 0.2) is 22.7 Å². The average molecular weight is 278 g/mol. The van der Waals surface area contributed by atoms with Crippen molar-refractivity contribution in [1.82, 2.24) is 5.16 Å². The van der Waals surface area contributed by atoms with Crippen LogP contribution in [0.3, 0.4) is 0 Å². The van der Waals surface area contributed by atoms with Crippen molar-refractivity contribution < 1.29 is 18.7 Å². The summed E-state index contributed by atoms with van der Waals surface area (Å²) >= 11 is 0. The molecule has 0 radical (unpaired) electrons. The molecule has 0 unspecified atom stereocenters. The van der Waals surface area contributed by atoms with E-state index in [1.54, 1.807) is 14.2 Å². The molecule has 0 saturated heterocycles. The smallest absolute Gasteiger partial charge is 0.203 e. The number of aryl methyl sites for hydroxylation is 1. The van der Waals surface area contributed by atoms with E-state index in [4.69, 9.17) is 24.5 Å². The Kier molecular flexibility index (Phi) is 4.47. The minimum atomic E-state index is 0.270. The minimum Gasteiger partial charge on any atom is -0.493 e. The lowest BCUT2D eigenvalue weighted by Gasteiger charge is -2.15. The first kappa shape index (κ1) is 14.2. The van der Waals surface area contributed by atoms with E-state index in [9.17, 15) is 0 Å². The Hall–Kier alpha value is -2.21. The topological polar surface area (TPSA) is 79.7 Å². The van der Waals surface area contributed by atoms with Crippen molar-refractivity contribution in [3.63, 3.8) is 0 Å². The Morgan fingerprint density at radius 2 is 1.80 bits per heavy atom. The Morgan fingerprint density at radius 1 is 1.15 bits per heavy atom. The second-order valence-corrected chi connectivity index (χ2v) is 4.25. The van der Waals surface area contributed by atoms with Gasteiger partial charge in [-0.15, -0.1) is 0 Å². The highest BCUT2D eigenvalue weighted by Crippen LogP contribution is 2.38. The first-order valence-electron chi connectivity index (χ1n) is 6.18. The van der Waals surface area contributed by atoms with Crippen molar-refractivity contribution >= 4 is 0 Å².